The zero-order valence-corrected chi connectivity index (χ0v) is 5.72. The Hall–Kier alpha value is -0.0400. The van der Waals surface area contributed by atoms with Gasteiger partial charge in [-0.25, -0.2) is 0 Å². The molecular formula is C7H15N. The number of rotatable bonds is 2. The SMILES string of the molecule is CC(C)C1CC1CN. The van der Waals surface area contributed by atoms with Crippen LogP contribution in [-0.4, -0.2) is 6.54 Å². The molecule has 48 valence electrons. The molecule has 2 N–H and O–H groups in total. The van der Waals surface area contributed by atoms with Crippen molar-refractivity contribution in [3.8, 4) is 0 Å². The Bertz CT molecular complexity index is 78.5. The van der Waals surface area contributed by atoms with Crippen molar-refractivity contribution in [3.05, 3.63) is 0 Å². The average molecular weight is 113 g/mol. The largest absolute Gasteiger partial charge is 0.330 e. The third-order valence-electron chi connectivity index (χ3n) is 2.14. The highest BCUT2D eigenvalue weighted by Crippen LogP contribution is 2.42. The molecule has 1 heteroatoms. The van der Waals surface area contributed by atoms with Gasteiger partial charge in [0.1, 0.15) is 0 Å². The molecule has 8 heavy (non-hydrogen) atoms. The molecule has 2 atom stereocenters. The molecule has 0 heterocycles. The van der Waals surface area contributed by atoms with Crippen molar-refractivity contribution in [1.82, 2.24) is 0 Å². The van der Waals surface area contributed by atoms with E-state index in [1.165, 1.54) is 6.42 Å². The Kier molecular flexibility index (Phi) is 1.57. The number of hydrogen-bond acceptors (Lipinski definition) is 1. The highest BCUT2D eigenvalue weighted by molar-refractivity contribution is 4.88. The first-order chi connectivity index (χ1) is 3.75. The van der Waals surface area contributed by atoms with E-state index in [2.05, 4.69) is 13.8 Å². The van der Waals surface area contributed by atoms with Crippen molar-refractivity contribution in [2.45, 2.75) is 20.3 Å². The summed E-state index contributed by atoms with van der Waals surface area (Å²) >= 11 is 0. The van der Waals surface area contributed by atoms with E-state index in [4.69, 9.17) is 5.73 Å². The van der Waals surface area contributed by atoms with E-state index in [-0.39, 0.29) is 0 Å². The standard InChI is InChI=1S/C7H15N/c1-5(2)7-3-6(7)4-8/h5-7H,3-4,8H2,1-2H3. The zero-order chi connectivity index (χ0) is 6.15. The van der Waals surface area contributed by atoms with Crippen LogP contribution < -0.4 is 5.73 Å². The van der Waals surface area contributed by atoms with Gasteiger partial charge in [-0.15, -0.1) is 0 Å². The second-order valence-corrected chi connectivity index (χ2v) is 3.14. The summed E-state index contributed by atoms with van der Waals surface area (Å²) < 4.78 is 0. The summed E-state index contributed by atoms with van der Waals surface area (Å²) in [5.74, 6) is 2.69. The van der Waals surface area contributed by atoms with Crippen molar-refractivity contribution < 1.29 is 0 Å². The predicted molar refractivity (Wildman–Crippen MR) is 35.5 cm³/mol. The van der Waals surface area contributed by atoms with Gasteiger partial charge in [-0.1, -0.05) is 13.8 Å². The topological polar surface area (TPSA) is 26.0 Å². The molecule has 0 aromatic rings. The van der Waals surface area contributed by atoms with Gasteiger partial charge in [0.2, 0.25) is 0 Å². The van der Waals surface area contributed by atoms with Crippen molar-refractivity contribution in [2.24, 2.45) is 23.5 Å². The molecule has 0 aromatic carbocycles. The van der Waals surface area contributed by atoms with Gasteiger partial charge >= 0.3 is 0 Å². The lowest BCUT2D eigenvalue weighted by molar-refractivity contribution is 0.520. The molecule has 1 saturated carbocycles. The van der Waals surface area contributed by atoms with E-state index in [0.717, 1.165) is 24.3 Å². The van der Waals surface area contributed by atoms with Crippen molar-refractivity contribution in [3.63, 3.8) is 0 Å². The van der Waals surface area contributed by atoms with Gasteiger partial charge in [0.15, 0.2) is 0 Å². The molecule has 1 fully saturated rings. The zero-order valence-electron chi connectivity index (χ0n) is 5.72. The Labute approximate surface area is 51.3 Å². The van der Waals surface area contributed by atoms with Gasteiger partial charge in [-0.05, 0) is 30.7 Å². The average Bonchev–Trinajstić information content (AvgIpc) is 2.42. The summed E-state index contributed by atoms with van der Waals surface area (Å²) in [7, 11) is 0. The number of hydrogen-bond donors (Lipinski definition) is 1. The molecule has 1 aliphatic rings. The van der Waals surface area contributed by atoms with Crippen LogP contribution in [0.15, 0.2) is 0 Å². The van der Waals surface area contributed by atoms with E-state index < -0.39 is 0 Å². The summed E-state index contributed by atoms with van der Waals surface area (Å²) in [6.45, 7) is 5.46. The molecule has 0 aromatic heterocycles. The lowest BCUT2D eigenvalue weighted by Gasteiger charge is -1.98. The monoisotopic (exact) mass is 113 g/mol. The molecule has 1 aliphatic carbocycles. The minimum Gasteiger partial charge on any atom is -0.330 e. The van der Waals surface area contributed by atoms with E-state index in [1.807, 2.05) is 0 Å². The summed E-state index contributed by atoms with van der Waals surface area (Å²) in [5.41, 5.74) is 5.46. The number of nitrogens with two attached hydrogens (primary N) is 1. The molecule has 1 nitrogen and oxygen atoms in total. The summed E-state index contributed by atoms with van der Waals surface area (Å²) in [5, 5.41) is 0. The van der Waals surface area contributed by atoms with Gasteiger partial charge in [-0.2, -0.15) is 0 Å². The van der Waals surface area contributed by atoms with Gasteiger partial charge in [-0.3, -0.25) is 0 Å². The highest BCUT2D eigenvalue weighted by Gasteiger charge is 2.37. The third kappa shape index (κ3) is 1.03. The normalized spacial score (nSPS) is 36.0. The van der Waals surface area contributed by atoms with Gasteiger partial charge < -0.3 is 5.73 Å². The lowest BCUT2D eigenvalue weighted by atomic mass is 10.1. The Morgan fingerprint density at radius 1 is 1.62 bits per heavy atom. The first kappa shape index (κ1) is 6.09. The van der Waals surface area contributed by atoms with E-state index in [1.54, 1.807) is 0 Å². The van der Waals surface area contributed by atoms with Gasteiger partial charge in [0.25, 0.3) is 0 Å². The van der Waals surface area contributed by atoms with Gasteiger partial charge in [0, 0.05) is 0 Å². The molecule has 1 rings (SSSR count). The fraction of sp³-hybridized carbons (Fsp3) is 1.00. The fourth-order valence-corrected chi connectivity index (χ4v) is 1.36. The van der Waals surface area contributed by atoms with Crippen LogP contribution in [-0.2, 0) is 0 Å². The molecular weight excluding hydrogens is 98.1 g/mol. The fourth-order valence-electron chi connectivity index (χ4n) is 1.36. The summed E-state index contributed by atoms with van der Waals surface area (Å²) in [6, 6.07) is 0. The van der Waals surface area contributed by atoms with E-state index in [0.29, 0.717) is 0 Å². The Morgan fingerprint density at radius 3 is 2.38 bits per heavy atom. The predicted octanol–water partition coefficient (Wildman–Crippen LogP) is 1.24. The van der Waals surface area contributed by atoms with Crippen LogP contribution in [0.3, 0.4) is 0 Å². The van der Waals surface area contributed by atoms with Crippen LogP contribution in [0.4, 0.5) is 0 Å². The molecule has 2 unspecified atom stereocenters. The minimum absolute atomic E-state index is 0.864. The van der Waals surface area contributed by atoms with Gasteiger partial charge in [0.05, 0.1) is 0 Å². The minimum atomic E-state index is 0.864. The highest BCUT2D eigenvalue weighted by atomic mass is 14.6. The molecule has 0 bridgehead atoms. The quantitative estimate of drug-likeness (QED) is 0.573. The molecule has 0 saturated heterocycles. The van der Waals surface area contributed by atoms with Crippen LogP contribution in [0.5, 0.6) is 0 Å². The second kappa shape index (κ2) is 2.06. The maximum Gasteiger partial charge on any atom is -0.00460 e. The maximum absolute atomic E-state index is 5.46. The van der Waals surface area contributed by atoms with Crippen LogP contribution in [0.1, 0.15) is 20.3 Å². The Morgan fingerprint density at radius 2 is 2.25 bits per heavy atom. The van der Waals surface area contributed by atoms with Crippen LogP contribution in [0.25, 0.3) is 0 Å². The maximum atomic E-state index is 5.46. The molecule has 0 spiro atoms. The first-order valence-corrected chi connectivity index (χ1v) is 3.45. The van der Waals surface area contributed by atoms with Crippen molar-refractivity contribution >= 4 is 0 Å². The lowest BCUT2D eigenvalue weighted by Crippen LogP contribution is -2.04. The van der Waals surface area contributed by atoms with E-state index in [9.17, 15) is 0 Å². The molecule has 0 radical (unpaired) electrons. The van der Waals surface area contributed by atoms with Crippen molar-refractivity contribution in [2.75, 3.05) is 6.54 Å². The van der Waals surface area contributed by atoms with Crippen LogP contribution in [0.2, 0.25) is 0 Å². The first-order valence-electron chi connectivity index (χ1n) is 3.45. The van der Waals surface area contributed by atoms with Crippen molar-refractivity contribution in [1.29, 1.82) is 0 Å². The van der Waals surface area contributed by atoms with Crippen LogP contribution >= 0.6 is 0 Å². The molecule has 0 amide bonds. The Balaban J connectivity index is 2.16. The summed E-state index contributed by atoms with van der Waals surface area (Å²) in [6.07, 6.45) is 1.38. The molecule has 0 aliphatic heterocycles. The second-order valence-electron chi connectivity index (χ2n) is 3.14. The van der Waals surface area contributed by atoms with Crippen LogP contribution in [0, 0.1) is 17.8 Å². The summed E-state index contributed by atoms with van der Waals surface area (Å²) in [4.78, 5) is 0. The third-order valence-corrected chi connectivity index (χ3v) is 2.14. The smallest absolute Gasteiger partial charge is 0.00460 e. The van der Waals surface area contributed by atoms with E-state index >= 15 is 0 Å².